The average molecular weight is 549 g/mol. The molecule has 0 bridgehead atoms. The Morgan fingerprint density at radius 3 is 1.87 bits per heavy atom. The zero-order valence-electron chi connectivity index (χ0n) is 20.9. The first-order valence-corrected chi connectivity index (χ1v) is 23.8. The molecule has 0 saturated carbocycles. The SMILES string of the molecule is CCC[CH2][Sn](/[CH]=C/C(=C1\c2ccccc2[C@@H](O)[C@H]1O)[Si](C)(C)C)([CH2]CCC)[CH2]CCC. The van der Waals surface area contributed by atoms with E-state index in [1.165, 1.54) is 57.0 Å². The van der Waals surface area contributed by atoms with Crippen LogP contribution < -0.4 is 0 Å². The van der Waals surface area contributed by atoms with Crippen molar-refractivity contribution in [3.05, 3.63) is 50.8 Å². The fourth-order valence-corrected chi connectivity index (χ4v) is 21.3. The van der Waals surface area contributed by atoms with Gasteiger partial charge in [0.15, 0.2) is 0 Å². The number of benzene rings is 1. The molecule has 1 aliphatic carbocycles. The summed E-state index contributed by atoms with van der Waals surface area (Å²) in [5.74, 6) is 0. The van der Waals surface area contributed by atoms with Gasteiger partial charge in [-0.3, -0.25) is 0 Å². The summed E-state index contributed by atoms with van der Waals surface area (Å²) in [6.07, 6.45) is 8.78. The summed E-state index contributed by atoms with van der Waals surface area (Å²) in [4.78, 5) is 0. The zero-order valence-corrected chi connectivity index (χ0v) is 24.7. The number of unbranched alkanes of at least 4 members (excludes halogenated alkanes) is 3. The van der Waals surface area contributed by atoms with Crippen molar-refractivity contribution in [3.63, 3.8) is 0 Å². The van der Waals surface area contributed by atoms with Gasteiger partial charge in [-0.15, -0.1) is 0 Å². The van der Waals surface area contributed by atoms with Crippen LogP contribution in [0.4, 0.5) is 0 Å². The predicted molar refractivity (Wildman–Crippen MR) is 142 cm³/mol. The Morgan fingerprint density at radius 1 is 0.871 bits per heavy atom. The van der Waals surface area contributed by atoms with Crippen molar-refractivity contribution < 1.29 is 10.2 Å². The average Bonchev–Trinajstić information content (AvgIpc) is 2.99. The summed E-state index contributed by atoms with van der Waals surface area (Å²) >= 11 is -2.42. The van der Waals surface area contributed by atoms with Crippen molar-refractivity contribution in [1.29, 1.82) is 0 Å². The molecule has 1 aromatic carbocycles. The maximum atomic E-state index is 11.1. The first-order chi connectivity index (χ1) is 14.7. The third kappa shape index (κ3) is 6.81. The standard InChI is InChI=1S/C15H19O2Si.3C4H9.Sn/c1-5-12(18(2,3)4)13-10-8-6-7-9-11(10)14(16)15(13)17;3*1-3-4-2;/h1,5-9,14-17H,2-4H3;3*1,3-4H2,2H3;/b5-1?,13-12-;;;;/t14-,15+;;;;/m1..../s1. The molecule has 0 amide bonds. The van der Waals surface area contributed by atoms with Gasteiger partial charge in [0.25, 0.3) is 0 Å². The molecule has 0 fully saturated rings. The maximum absolute atomic E-state index is 11.1. The Kier molecular flexibility index (Phi) is 10.6. The quantitative estimate of drug-likeness (QED) is 0.263. The topological polar surface area (TPSA) is 40.5 Å². The summed E-state index contributed by atoms with van der Waals surface area (Å²) < 4.78 is 7.10. The monoisotopic (exact) mass is 550 g/mol. The van der Waals surface area contributed by atoms with Crippen LogP contribution in [0.3, 0.4) is 0 Å². The van der Waals surface area contributed by atoms with Gasteiger partial charge in [0, 0.05) is 0 Å². The van der Waals surface area contributed by atoms with Crippen LogP contribution in [0, 0.1) is 0 Å². The number of aliphatic hydroxyl groups excluding tert-OH is 2. The van der Waals surface area contributed by atoms with Crippen LogP contribution in [-0.2, 0) is 0 Å². The van der Waals surface area contributed by atoms with E-state index in [2.05, 4.69) is 56.6 Å². The second-order valence-electron chi connectivity index (χ2n) is 10.6. The van der Waals surface area contributed by atoms with Crippen molar-refractivity contribution in [2.24, 2.45) is 0 Å². The normalized spacial score (nSPS) is 21.0. The van der Waals surface area contributed by atoms with E-state index in [1.54, 1.807) is 0 Å². The Labute approximate surface area is 196 Å². The predicted octanol–water partition coefficient (Wildman–Crippen LogP) is 7.67. The van der Waals surface area contributed by atoms with Crippen LogP contribution in [0.2, 0.25) is 33.0 Å². The third-order valence-corrected chi connectivity index (χ3v) is 23.1. The molecular weight excluding hydrogens is 503 g/mol. The minimum absolute atomic E-state index is 0.806. The van der Waals surface area contributed by atoms with Crippen LogP contribution in [0.15, 0.2) is 39.6 Å². The van der Waals surface area contributed by atoms with Crippen LogP contribution in [-0.4, -0.2) is 42.8 Å². The number of fused-ring (bicyclic) bond motifs is 1. The minimum atomic E-state index is -2.42. The van der Waals surface area contributed by atoms with E-state index in [9.17, 15) is 10.2 Å². The Morgan fingerprint density at radius 2 is 1.39 bits per heavy atom. The number of aliphatic hydroxyl groups is 2. The van der Waals surface area contributed by atoms with Gasteiger partial charge in [-0.1, -0.05) is 0 Å². The van der Waals surface area contributed by atoms with Crippen LogP contribution in [0.25, 0.3) is 5.57 Å². The molecule has 174 valence electrons. The van der Waals surface area contributed by atoms with Gasteiger partial charge in [-0.05, 0) is 0 Å². The molecule has 1 aliphatic rings. The molecule has 0 radical (unpaired) electrons. The molecule has 0 heterocycles. The second-order valence-corrected chi connectivity index (χ2v) is 28.6. The first kappa shape index (κ1) is 26.9. The van der Waals surface area contributed by atoms with Gasteiger partial charge in [-0.2, -0.15) is 0 Å². The van der Waals surface area contributed by atoms with Gasteiger partial charge >= 0.3 is 197 Å². The van der Waals surface area contributed by atoms with Crippen molar-refractivity contribution in [1.82, 2.24) is 0 Å². The van der Waals surface area contributed by atoms with E-state index in [-0.39, 0.29) is 0 Å². The van der Waals surface area contributed by atoms with Crippen molar-refractivity contribution in [2.75, 3.05) is 0 Å². The molecule has 4 heteroatoms. The zero-order chi connectivity index (χ0) is 23.1. The molecule has 0 saturated heterocycles. The van der Waals surface area contributed by atoms with Crippen molar-refractivity contribution >= 4 is 32.0 Å². The Balaban J connectivity index is 2.58. The summed E-state index contributed by atoms with van der Waals surface area (Å²) in [7, 11) is -1.73. The molecule has 2 atom stereocenters. The number of hydrogen-bond donors (Lipinski definition) is 2. The van der Waals surface area contributed by atoms with Crippen LogP contribution in [0.5, 0.6) is 0 Å². The van der Waals surface area contributed by atoms with E-state index >= 15 is 0 Å². The van der Waals surface area contributed by atoms with E-state index < -0.39 is 38.7 Å². The molecule has 2 rings (SSSR count). The summed E-state index contributed by atoms with van der Waals surface area (Å²) in [6.45, 7) is 14.1. The fourth-order valence-electron chi connectivity index (χ4n) is 5.01. The van der Waals surface area contributed by atoms with Gasteiger partial charge < -0.3 is 0 Å². The summed E-state index contributed by atoms with van der Waals surface area (Å²) in [5.41, 5.74) is 2.94. The number of hydrogen-bond acceptors (Lipinski definition) is 2. The fraction of sp³-hybridized carbons (Fsp3) is 0.630. The van der Waals surface area contributed by atoms with Gasteiger partial charge in [0.2, 0.25) is 0 Å². The number of allylic oxidation sites excluding steroid dienone is 2. The van der Waals surface area contributed by atoms with E-state index in [0.29, 0.717) is 0 Å². The number of rotatable bonds is 12. The van der Waals surface area contributed by atoms with Crippen LogP contribution in [0.1, 0.15) is 76.5 Å². The van der Waals surface area contributed by atoms with Crippen LogP contribution >= 0.6 is 0 Å². The Hall–Kier alpha value is -0.364. The molecule has 1 aromatic rings. The van der Waals surface area contributed by atoms with E-state index in [0.717, 1.165) is 16.7 Å². The summed E-state index contributed by atoms with van der Waals surface area (Å²) in [6, 6.07) is 8.04. The molecule has 2 nitrogen and oxygen atoms in total. The molecular formula is C27H46O2SiSn. The van der Waals surface area contributed by atoms with Gasteiger partial charge in [0.1, 0.15) is 0 Å². The summed E-state index contributed by atoms with van der Waals surface area (Å²) in [5, 5.41) is 23.1. The Bertz CT molecular complexity index is 741. The molecule has 0 aliphatic heterocycles. The van der Waals surface area contributed by atoms with Crippen molar-refractivity contribution in [2.45, 2.75) is 104 Å². The second kappa shape index (κ2) is 12.2. The molecule has 0 spiro atoms. The molecule has 2 N–H and O–H groups in total. The van der Waals surface area contributed by atoms with E-state index in [1.807, 2.05) is 18.2 Å². The van der Waals surface area contributed by atoms with Gasteiger partial charge in [0.05, 0.1) is 0 Å². The van der Waals surface area contributed by atoms with Gasteiger partial charge in [-0.25, -0.2) is 0 Å². The molecule has 0 unspecified atom stereocenters. The first-order valence-electron chi connectivity index (χ1n) is 12.6. The van der Waals surface area contributed by atoms with E-state index in [4.69, 9.17) is 0 Å². The molecule has 31 heavy (non-hydrogen) atoms. The third-order valence-electron chi connectivity index (χ3n) is 6.95. The molecule has 0 aromatic heterocycles. The van der Waals surface area contributed by atoms with Crippen molar-refractivity contribution in [3.8, 4) is 0 Å².